The zero-order valence-electron chi connectivity index (χ0n) is 14.6. The van der Waals surface area contributed by atoms with Gasteiger partial charge in [-0.25, -0.2) is 4.98 Å². The summed E-state index contributed by atoms with van der Waals surface area (Å²) in [4.78, 5) is 4.49. The number of anilines is 1. The molecule has 1 aromatic heterocycles. The smallest absolute Gasteiger partial charge is 0.204 e. The largest absolute Gasteiger partial charge is 0.489 e. The normalized spacial score (nSPS) is 11.2. The molecule has 3 aromatic carbocycles. The van der Waals surface area contributed by atoms with Crippen LogP contribution in [0.25, 0.3) is 10.2 Å². The van der Waals surface area contributed by atoms with Crippen molar-refractivity contribution in [3.63, 3.8) is 0 Å². The van der Waals surface area contributed by atoms with E-state index in [1.807, 2.05) is 54.6 Å². The molecule has 0 fully saturated rings. The van der Waals surface area contributed by atoms with Gasteiger partial charge in [0, 0.05) is 0 Å². The topological polar surface area (TPSA) is 46.5 Å². The first-order valence-electron chi connectivity index (χ1n) is 8.49. The lowest BCUT2D eigenvalue weighted by molar-refractivity contribution is 0.306. The van der Waals surface area contributed by atoms with Gasteiger partial charge in [0.1, 0.15) is 12.4 Å². The van der Waals surface area contributed by atoms with Crippen LogP contribution in [0.1, 0.15) is 11.1 Å². The number of fused-ring (bicyclic) bond motifs is 1. The van der Waals surface area contributed by atoms with Gasteiger partial charge in [-0.3, -0.25) is 5.43 Å². The monoisotopic (exact) mass is 427 g/mol. The molecular weight excluding hydrogens is 413 g/mol. The van der Waals surface area contributed by atoms with Gasteiger partial charge in [-0.05, 0) is 47.5 Å². The van der Waals surface area contributed by atoms with Crippen molar-refractivity contribution in [2.24, 2.45) is 5.10 Å². The second-order valence-corrected chi connectivity index (χ2v) is 7.81. The molecule has 0 amide bonds. The first-order valence-corrected chi connectivity index (χ1v) is 10.1. The zero-order chi connectivity index (χ0) is 19.3. The van der Waals surface area contributed by atoms with Gasteiger partial charge in [-0.15, -0.1) is 0 Å². The van der Waals surface area contributed by atoms with Crippen molar-refractivity contribution in [3.8, 4) is 5.75 Å². The van der Waals surface area contributed by atoms with Crippen molar-refractivity contribution in [2.45, 2.75) is 6.61 Å². The van der Waals surface area contributed by atoms with Crippen molar-refractivity contribution >= 4 is 56.1 Å². The summed E-state index contributed by atoms with van der Waals surface area (Å²) in [5.74, 6) is 0.745. The van der Waals surface area contributed by atoms with Gasteiger partial charge < -0.3 is 4.74 Å². The summed E-state index contributed by atoms with van der Waals surface area (Å²) < 4.78 is 6.96. The van der Waals surface area contributed by atoms with Crippen molar-refractivity contribution in [2.75, 3.05) is 5.43 Å². The number of rotatable bonds is 6. The number of halogens is 2. The zero-order valence-corrected chi connectivity index (χ0v) is 16.9. The van der Waals surface area contributed by atoms with Gasteiger partial charge in [0.05, 0.1) is 26.5 Å². The van der Waals surface area contributed by atoms with Crippen molar-refractivity contribution in [1.82, 2.24) is 4.98 Å². The van der Waals surface area contributed by atoms with E-state index in [0.717, 1.165) is 32.2 Å². The fourth-order valence-corrected chi connectivity index (χ4v) is 3.70. The highest BCUT2D eigenvalue weighted by Gasteiger charge is 2.02. The van der Waals surface area contributed by atoms with Crippen LogP contribution in [0.2, 0.25) is 10.0 Å². The first kappa shape index (κ1) is 18.7. The highest BCUT2D eigenvalue weighted by molar-refractivity contribution is 7.22. The van der Waals surface area contributed by atoms with Crippen molar-refractivity contribution in [1.29, 1.82) is 0 Å². The number of aromatic nitrogens is 1. The molecule has 0 bridgehead atoms. The second-order valence-electron chi connectivity index (χ2n) is 5.97. The van der Waals surface area contributed by atoms with Crippen LogP contribution in [0, 0.1) is 0 Å². The predicted molar refractivity (Wildman–Crippen MR) is 118 cm³/mol. The molecule has 4 rings (SSSR count). The molecule has 4 aromatic rings. The van der Waals surface area contributed by atoms with E-state index in [1.54, 1.807) is 29.7 Å². The molecule has 0 unspecified atom stereocenters. The fraction of sp³-hybridized carbons (Fsp3) is 0.0476. The minimum Gasteiger partial charge on any atom is -0.489 e. The Hall–Kier alpha value is -2.60. The Morgan fingerprint density at radius 3 is 2.75 bits per heavy atom. The van der Waals surface area contributed by atoms with Gasteiger partial charge >= 0.3 is 0 Å². The lowest BCUT2D eigenvalue weighted by Gasteiger charge is -2.07. The van der Waals surface area contributed by atoms with Gasteiger partial charge in [-0.1, -0.05) is 64.9 Å². The molecule has 0 aliphatic rings. The number of thiazole rings is 1. The van der Waals surface area contributed by atoms with E-state index < -0.39 is 0 Å². The third-order valence-electron chi connectivity index (χ3n) is 3.92. The van der Waals surface area contributed by atoms with Crippen molar-refractivity contribution in [3.05, 3.63) is 87.9 Å². The van der Waals surface area contributed by atoms with Crippen LogP contribution in [-0.2, 0) is 6.61 Å². The van der Waals surface area contributed by atoms with Crippen LogP contribution < -0.4 is 10.2 Å². The van der Waals surface area contributed by atoms with Crippen molar-refractivity contribution < 1.29 is 4.74 Å². The number of benzene rings is 3. The number of hydrogen-bond acceptors (Lipinski definition) is 5. The van der Waals surface area contributed by atoms with Crippen LogP contribution in [0.15, 0.2) is 71.8 Å². The summed E-state index contributed by atoms with van der Waals surface area (Å²) in [6, 6.07) is 21.1. The molecule has 1 heterocycles. The Balaban J connectivity index is 1.38. The van der Waals surface area contributed by atoms with Crippen LogP contribution >= 0.6 is 34.5 Å². The quantitative estimate of drug-likeness (QED) is 0.277. The molecule has 4 nitrogen and oxygen atoms in total. The molecule has 28 heavy (non-hydrogen) atoms. The Kier molecular flexibility index (Phi) is 5.76. The lowest BCUT2D eigenvalue weighted by atomic mass is 10.2. The minimum atomic E-state index is 0.404. The van der Waals surface area contributed by atoms with E-state index in [4.69, 9.17) is 27.9 Å². The summed E-state index contributed by atoms with van der Waals surface area (Å²) in [5, 5.41) is 6.08. The van der Waals surface area contributed by atoms with E-state index in [9.17, 15) is 0 Å². The SMILES string of the molecule is Clc1ccc(COc2cccc(/C=N\Nc3nc4ccccc4s3)c2)cc1Cl. The minimum absolute atomic E-state index is 0.404. The van der Waals surface area contributed by atoms with Gasteiger partial charge in [0.2, 0.25) is 5.13 Å². The maximum atomic E-state index is 6.04. The third-order valence-corrected chi connectivity index (χ3v) is 5.60. The molecule has 0 radical (unpaired) electrons. The van der Waals surface area contributed by atoms with Gasteiger partial charge in [0.25, 0.3) is 0 Å². The molecule has 0 aliphatic carbocycles. The molecule has 7 heteroatoms. The predicted octanol–water partition coefficient (Wildman–Crippen LogP) is 6.63. The average Bonchev–Trinajstić information content (AvgIpc) is 3.12. The third kappa shape index (κ3) is 4.62. The highest BCUT2D eigenvalue weighted by Crippen LogP contribution is 2.25. The maximum Gasteiger partial charge on any atom is 0.204 e. The summed E-state index contributed by atoms with van der Waals surface area (Å²) in [6.07, 6.45) is 1.73. The summed E-state index contributed by atoms with van der Waals surface area (Å²) in [5.41, 5.74) is 5.81. The van der Waals surface area contributed by atoms with Gasteiger partial charge in [-0.2, -0.15) is 5.10 Å². The Bertz CT molecular complexity index is 1110. The Morgan fingerprint density at radius 1 is 1.00 bits per heavy atom. The van der Waals surface area contributed by atoms with Crippen LogP contribution in [-0.4, -0.2) is 11.2 Å². The summed E-state index contributed by atoms with van der Waals surface area (Å²) in [6.45, 7) is 0.404. The number of para-hydroxylation sites is 1. The number of ether oxygens (including phenoxy) is 1. The number of nitrogens with zero attached hydrogens (tertiary/aromatic N) is 2. The summed E-state index contributed by atoms with van der Waals surface area (Å²) >= 11 is 13.5. The standard InChI is InChI=1S/C21H15Cl2N3OS/c22-17-9-8-15(11-18(17)23)13-27-16-5-3-4-14(10-16)12-24-26-21-25-19-6-1-2-7-20(19)28-21/h1-12H,13H2,(H,25,26)/b24-12-. The molecule has 1 N–H and O–H groups in total. The first-order chi connectivity index (χ1) is 13.7. The molecule has 0 saturated heterocycles. The lowest BCUT2D eigenvalue weighted by Crippen LogP contribution is -1.96. The number of hydrazone groups is 1. The highest BCUT2D eigenvalue weighted by atomic mass is 35.5. The fourth-order valence-electron chi connectivity index (χ4n) is 2.56. The van der Waals surface area contributed by atoms with E-state index >= 15 is 0 Å². The number of hydrogen-bond donors (Lipinski definition) is 1. The Morgan fingerprint density at radius 2 is 1.89 bits per heavy atom. The molecule has 0 spiro atoms. The maximum absolute atomic E-state index is 6.04. The number of nitrogens with one attached hydrogen (secondary N) is 1. The van der Waals surface area contributed by atoms with E-state index in [1.165, 1.54) is 0 Å². The van der Waals surface area contributed by atoms with Crippen LogP contribution in [0.3, 0.4) is 0 Å². The van der Waals surface area contributed by atoms with E-state index in [0.29, 0.717) is 16.7 Å². The molecule has 0 saturated carbocycles. The molecule has 0 aliphatic heterocycles. The molecule has 0 atom stereocenters. The van der Waals surface area contributed by atoms with Crippen LogP contribution in [0.4, 0.5) is 5.13 Å². The Labute approximate surface area is 176 Å². The second kappa shape index (κ2) is 8.61. The van der Waals surface area contributed by atoms with Crippen LogP contribution in [0.5, 0.6) is 5.75 Å². The average molecular weight is 428 g/mol. The van der Waals surface area contributed by atoms with Gasteiger partial charge in [0.15, 0.2) is 0 Å². The summed E-state index contributed by atoms with van der Waals surface area (Å²) in [7, 11) is 0. The molecular formula is C21H15Cl2N3OS. The van der Waals surface area contributed by atoms with E-state index in [2.05, 4.69) is 15.5 Å². The molecule has 140 valence electrons. The van der Waals surface area contributed by atoms with E-state index in [-0.39, 0.29) is 0 Å².